The Morgan fingerprint density at radius 1 is 1.16 bits per heavy atom. The van der Waals surface area contributed by atoms with Crippen molar-refractivity contribution in [2.45, 2.75) is 33.1 Å². The second-order valence-electron chi connectivity index (χ2n) is 5.45. The third kappa shape index (κ3) is 4.22. The summed E-state index contributed by atoms with van der Waals surface area (Å²) in [5.74, 6) is -3.81. The summed E-state index contributed by atoms with van der Waals surface area (Å²) in [5.41, 5.74) is 0. The number of carbonyl (C=O) groups excluding carboxylic acids is 1. The summed E-state index contributed by atoms with van der Waals surface area (Å²) in [5, 5.41) is 18.1. The van der Waals surface area contributed by atoms with Gasteiger partial charge in [-0.15, -0.1) is 0 Å². The third-order valence-corrected chi connectivity index (χ3v) is 3.54. The molecule has 108 valence electrons. The Bertz CT molecular complexity index is 366. The minimum atomic E-state index is -1.14. The lowest BCUT2D eigenvalue weighted by Crippen LogP contribution is -2.48. The summed E-state index contributed by atoms with van der Waals surface area (Å²) in [4.78, 5) is 35.5. The molecule has 2 atom stereocenters. The van der Waals surface area contributed by atoms with Crippen molar-refractivity contribution >= 4 is 17.8 Å². The van der Waals surface area contributed by atoms with E-state index in [1.165, 1.54) is 4.90 Å². The molecule has 1 heterocycles. The summed E-state index contributed by atoms with van der Waals surface area (Å²) in [6, 6.07) is 0. The fourth-order valence-electron chi connectivity index (χ4n) is 2.29. The quantitative estimate of drug-likeness (QED) is 0.779. The number of nitrogens with zero attached hydrogens (tertiary/aromatic N) is 1. The number of carboxylic acids is 2. The molecule has 1 rings (SSSR count). The van der Waals surface area contributed by atoms with Gasteiger partial charge in [0.25, 0.3) is 0 Å². The number of likely N-dealkylation sites (tertiary alicyclic amines) is 1. The minimum absolute atomic E-state index is 0.00320. The van der Waals surface area contributed by atoms with Crippen molar-refractivity contribution in [2.75, 3.05) is 13.1 Å². The first-order valence-electron chi connectivity index (χ1n) is 6.56. The fraction of sp³-hybridized carbons (Fsp3) is 0.769. The van der Waals surface area contributed by atoms with Crippen LogP contribution in [-0.4, -0.2) is 46.0 Å². The molecule has 6 nitrogen and oxygen atoms in total. The van der Waals surface area contributed by atoms with Crippen LogP contribution in [-0.2, 0) is 14.4 Å². The second-order valence-corrected chi connectivity index (χ2v) is 5.45. The van der Waals surface area contributed by atoms with E-state index < -0.39 is 23.8 Å². The van der Waals surface area contributed by atoms with Crippen molar-refractivity contribution in [2.24, 2.45) is 17.8 Å². The Kier molecular flexibility index (Phi) is 5.32. The molecule has 6 heteroatoms. The van der Waals surface area contributed by atoms with Crippen LogP contribution in [0.3, 0.4) is 0 Å². The second kappa shape index (κ2) is 6.54. The molecule has 19 heavy (non-hydrogen) atoms. The van der Waals surface area contributed by atoms with E-state index in [2.05, 4.69) is 0 Å². The topological polar surface area (TPSA) is 94.9 Å². The predicted molar refractivity (Wildman–Crippen MR) is 67.5 cm³/mol. The molecule has 0 saturated carbocycles. The molecule has 2 N–H and O–H groups in total. The van der Waals surface area contributed by atoms with Gasteiger partial charge in [-0.2, -0.15) is 0 Å². The molecule has 1 aliphatic heterocycles. The Hall–Kier alpha value is -1.59. The summed E-state index contributed by atoms with van der Waals surface area (Å²) in [6.45, 7) is 4.37. The minimum Gasteiger partial charge on any atom is -0.481 e. The molecule has 0 spiro atoms. The maximum atomic E-state index is 11.9. The van der Waals surface area contributed by atoms with Crippen LogP contribution in [0.15, 0.2) is 0 Å². The molecule has 0 bridgehead atoms. The van der Waals surface area contributed by atoms with Gasteiger partial charge in [0.15, 0.2) is 0 Å². The molecule has 1 aliphatic rings. The van der Waals surface area contributed by atoms with Gasteiger partial charge in [-0.05, 0) is 18.8 Å². The number of aliphatic carboxylic acids is 2. The molecular weight excluding hydrogens is 250 g/mol. The summed E-state index contributed by atoms with van der Waals surface area (Å²) in [6.07, 6.45) is 1.36. The standard InChI is InChI=1S/C13H21NO5/c1-8(2)3-4-11(15)14-6-5-9(12(16)17)10(7-14)13(18)19/h8-10H,3-7H2,1-2H3,(H,16,17)(H,18,19). The molecular formula is C13H21NO5. The first-order valence-corrected chi connectivity index (χ1v) is 6.56. The average molecular weight is 271 g/mol. The maximum absolute atomic E-state index is 11.9. The molecule has 1 saturated heterocycles. The zero-order chi connectivity index (χ0) is 14.6. The Balaban J connectivity index is 2.63. The highest BCUT2D eigenvalue weighted by molar-refractivity contribution is 5.82. The lowest BCUT2D eigenvalue weighted by Gasteiger charge is -2.34. The Labute approximate surface area is 112 Å². The first kappa shape index (κ1) is 15.5. The van der Waals surface area contributed by atoms with Gasteiger partial charge >= 0.3 is 11.9 Å². The largest absolute Gasteiger partial charge is 0.481 e. The zero-order valence-corrected chi connectivity index (χ0v) is 11.3. The van der Waals surface area contributed by atoms with Gasteiger partial charge in [0, 0.05) is 19.5 Å². The van der Waals surface area contributed by atoms with Crippen molar-refractivity contribution in [3.8, 4) is 0 Å². The van der Waals surface area contributed by atoms with Crippen molar-refractivity contribution < 1.29 is 24.6 Å². The van der Waals surface area contributed by atoms with E-state index in [1.54, 1.807) is 0 Å². The summed E-state index contributed by atoms with van der Waals surface area (Å²) in [7, 11) is 0. The van der Waals surface area contributed by atoms with Crippen molar-refractivity contribution in [3.05, 3.63) is 0 Å². The maximum Gasteiger partial charge on any atom is 0.309 e. The van der Waals surface area contributed by atoms with Crippen LogP contribution < -0.4 is 0 Å². The highest BCUT2D eigenvalue weighted by Gasteiger charge is 2.39. The number of hydrogen-bond acceptors (Lipinski definition) is 3. The normalized spacial score (nSPS) is 23.4. The highest BCUT2D eigenvalue weighted by atomic mass is 16.4. The van der Waals surface area contributed by atoms with Crippen molar-refractivity contribution in [1.29, 1.82) is 0 Å². The molecule has 0 aromatic heterocycles. The monoisotopic (exact) mass is 271 g/mol. The number of carbonyl (C=O) groups is 3. The van der Waals surface area contributed by atoms with Gasteiger partial charge in [-0.1, -0.05) is 13.8 Å². The summed E-state index contributed by atoms with van der Waals surface area (Å²) >= 11 is 0. The Morgan fingerprint density at radius 3 is 2.21 bits per heavy atom. The molecule has 0 aromatic rings. The number of carboxylic acid groups (broad SMARTS) is 2. The molecule has 2 unspecified atom stereocenters. The SMILES string of the molecule is CC(C)CCC(=O)N1CCC(C(=O)O)C(C(=O)O)C1. The fourth-order valence-corrected chi connectivity index (χ4v) is 2.29. The van der Waals surface area contributed by atoms with Crippen LogP contribution >= 0.6 is 0 Å². The van der Waals surface area contributed by atoms with Gasteiger partial charge in [-0.3, -0.25) is 14.4 Å². The zero-order valence-electron chi connectivity index (χ0n) is 11.3. The smallest absolute Gasteiger partial charge is 0.309 e. The van der Waals surface area contributed by atoms with Crippen LogP contribution in [0.4, 0.5) is 0 Å². The van der Waals surface area contributed by atoms with E-state index in [-0.39, 0.29) is 18.9 Å². The van der Waals surface area contributed by atoms with Crippen molar-refractivity contribution in [3.63, 3.8) is 0 Å². The van der Waals surface area contributed by atoms with E-state index in [4.69, 9.17) is 10.2 Å². The summed E-state index contributed by atoms with van der Waals surface area (Å²) < 4.78 is 0. The van der Waals surface area contributed by atoms with Gasteiger partial charge in [-0.25, -0.2) is 0 Å². The van der Waals surface area contributed by atoms with Crippen molar-refractivity contribution in [1.82, 2.24) is 4.90 Å². The Morgan fingerprint density at radius 2 is 1.74 bits per heavy atom. The number of hydrogen-bond donors (Lipinski definition) is 2. The van der Waals surface area contributed by atoms with E-state index in [1.807, 2.05) is 13.8 Å². The van der Waals surface area contributed by atoms with Crippen LogP contribution in [0.25, 0.3) is 0 Å². The van der Waals surface area contributed by atoms with Crippen LogP contribution in [0, 0.1) is 17.8 Å². The molecule has 1 fully saturated rings. The predicted octanol–water partition coefficient (Wildman–Crippen LogP) is 1.06. The van der Waals surface area contributed by atoms with Crippen LogP contribution in [0.5, 0.6) is 0 Å². The van der Waals surface area contributed by atoms with E-state index in [0.717, 1.165) is 6.42 Å². The third-order valence-electron chi connectivity index (χ3n) is 3.54. The number of rotatable bonds is 5. The molecule has 0 radical (unpaired) electrons. The lowest BCUT2D eigenvalue weighted by molar-refractivity contribution is -0.159. The highest BCUT2D eigenvalue weighted by Crippen LogP contribution is 2.25. The van der Waals surface area contributed by atoms with Gasteiger partial charge in [0.1, 0.15) is 0 Å². The van der Waals surface area contributed by atoms with Crippen LogP contribution in [0.1, 0.15) is 33.1 Å². The average Bonchev–Trinajstić information content (AvgIpc) is 2.34. The number of piperidine rings is 1. The van der Waals surface area contributed by atoms with E-state index in [9.17, 15) is 14.4 Å². The van der Waals surface area contributed by atoms with Crippen LogP contribution in [0.2, 0.25) is 0 Å². The van der Waals surface area contributed by atoms with E-state index >= 15 is 0 Å². The van der Waals surface area contributed by atoms with Gasteiger partial charge in [0.05, 0.1) is 11.8 Å². The van der Waals surface area contributed by atoms with Gasteiger partial charge < -0.3 is 15.1 Å². The lowest BCUT2D eigenvalue weighted by atomic mass is 9.85. The first-order chi connectivity index (χ1) is 8.82. The molecule has 0 aliphatic carbocycles. The van der Waals surface area contributed by atoms with E-state index in [0.29, 0.717) is 18.9 Å². The number of amides is 1. The molecule has 0 aromatic carbocycles. The molecule has 1 amide bonds. The van der Waals surface area contributed by atoms with Gasteiger partial charge in [0.2, 0.25) is 5.91 Å².